The maximum atomic E-state index is 6.05. The minimum Gasteiger partial charge on any atom is -0.490 e. The van der Waals surface area contributed by atoms with E-state index in [1.807, 2.05) is 18.2 Å². The highest BCUT2D eigenvalue weighted by molar-refractivity contribution is 5.46. The number of allylic oxidation sites excluding steroid dienone is 1. The first-order chi connectivity index (χ1) is 10.3. The molecular formula is C17H22O4. The molecular weight excluding hydrogens is 268 g/mol. The van der Waals surface area contributed by atoms with Crippen molar-refractivity contribution < 1.29 is 18.9 Å². The van der Waals surface area contributed by atoms with Crippen LogP contribution in [0.25, 0.3) is 0 Å². The molecule has 0 aromatic heterocycles. The van der Waals surface area contributed by atoms with Crippen molar-refractivity contribution in [2.75, 3.05) is 6.79 Å². The largest absolute Gasteiger partial charge is 0.490 e. The summed E-state index contributed by atoms with van der Waals surface area (Å²) in [5.74, 6) is 3.54. The minimum absolute atomic E-state index is 0.206. The molecule has 0 aliphatic carbocycles. The van der Waals surface area contributed by atoms with Gasteiger partial charge in [-0.2, -0.15) is 0 Å². The SMILES string of the molecule is CCC=C1OC1CCC(CC)Oc1ccc2c(c1)OCO2. The standard InChI is InChI=1S/C17H22O4/c1-3-5-15-16(21-15)9-6-12(4-2)20-13-7-8-14-17(10-13)19-11-18-14/h5,7-8,10,12,16H,3-4,6,9,11H2,1-2H3. The summed E-state index contributed by atoms with van der Waals surface area (Å²) in [5.41, 5.74) is 0. The number of epoxide rings is 1. The van der Waals surface area contributed by atoms with Crippen LogP contribution in [0.15, 0.2) is 30.0 Å². The van der Waals surface area contributed by atoms with Crippen LogP contribution in [0.3, 0.4) is 0 Å². The average Bonchev–Trinajstić information content (AvgIpc) is 3.07. The third-order valence-corrected chi connectivity index (χ3v) is 3.80. The molecule has 21 heavy (non-hydrogen) atoms. The highest BCUT2D eigenvalue weighted by atomic mass is 16.7. The number of fused-ring (bicyclic) bond motifs is 1. The van der Waals surface area contributed by atoms with E-state index in [9.17, 15) is 0 Å². The topological polar surface area (TPSA) is 40.2 Å². The molecule has 0 N–H and O–H groups in total. The van der Waals surface area contributed by atoms with E-state index in [1.165, 1.54) is 0 Å². The summed E-state index contributed by atoms with van der Waals surface area (Å²) in [6.45, 7) is 4.57. The Labute approximate surface area is 125 Å². The summed E-state index contributed by atoms with van der Waals surface area (Å²) in [5, 5.41) is 0. The number of benzene rings is 1. The third kappa shape index (κ3) is 3.43. The predicted molar refractivity (Wildman–Crippen MR) is 79.8 cm³/mol. The van der Waals surface area contributed by atoms with Crippen molar-refractivity contribution in [3.05, 3.63) is 30.0 Å². The molecule has 0 amide bonds. The lowest BCUT2D eigenvalue weighted by Gasteiger charge is -2.17. The molecule has 1 fully saturated rings. The van der Waals surface area contributed by atoms with Crippen LogP contribution in [0.1, 0.15) is 39.5 Å². The lowest BCUT2D eigenvalue weighted by Crippen LogP contribution is -2.16. The van der Waals surface area contributed by atoms with Gasteiger partial charge in [-0.1, -0.05) is 13.8 Å². The number of rotatable bonds is 7. The van der Waals surface area contributed by atoms with Gasteiger partial charge in [0.2, 0.25) is 6.79 Å². The predicted octanol–water partition coefficient (Wildman–Crippen LogP) is 4.05. The monoisotopic (exact) mass is 290 g/mol. The van der Waals surface area contributed by atoms with Crippen molar-refractivity contribution in [1.82, 2.24) is 0 Å². The molecule has 0 spiro atoms. The van der Waals surface area contributed by atoms with E-state index in [-0.39, 0.29) is 6.10 Å². The molecule has 0 radical (unpaired) electrons. The molecule has 1 aromatic carbocycles. The molecule has 0 saturated carbocycles. The molecule has 2 atom stereocenters. The number of ether oxygens (including phenoxy) is 4. The van der Waals surface area contributed by atoms with Gasteiger partial charge in [0.15, 0.2) is 17.6 Å². The Morgan fingerprint density at radius 1 is 1.29 bits per heavy atom. The fourth-order valence-corrected chi connectivity index (χ4v) is 2.54. The zero-order valence-corrected chi connectivity index (χ0v) is 12.6. The highest BCUT2D eigenvalue weighted by Crippen LogP contribution is 2.36. The van der Waals surface area contributed by atoms with Crippen LogP contribution in [-0.4, -0.2) is 19.0 Å². The molecule has 4 heteroatoms. The van der Waals surface area contributed by atoms with E-state index in [0.29, 0.717) is 12.9 Å². The van der Waals surface area contributed by atoms with Gasteiger partial charge >= 0.3 is 0 Å². The molecule has 2 unspecified atom stereocenters. The van der Waals surface area contributed by atoms with Crippen molar-refractivity contribution in [2.24, 2.45) is 0 Å². The number of hydrogen-bond donors (Lipinski definition) is 0. The Morgan fingerprint density at radius 2 is 2.14 bits per heavy atom. The van der Waals surface area contributed by atoms with Crippen LogP contribution >= 0.6 is 0 Å². The quantitative estimate of drug-likeness (QED) is 0.710. The Hall–Kier alpha value is -1.84. The zero-order valence-electron chi connectivity index (χ0n) is 12.6. The molecule has 1 saturated heterocycles. The Kier molecular flexibility index (Phi) is 4.23. The van der Waals surface area contributed by atoms with E-state index in [0.717, 1.165) is 48.7 Å². The van der Waals surface area contributed by atoms with Crippen LogP contribution in [0.2, 0.25) is 0 Å². The van der Waals surface area contributed by atoms with Gasteiger partial charge in [-0.3, -0.25) is 0 Å². The number of hydrogen-bond acceptors (Lipinski definition) is 4. The van der Waals surface area contributed by atoms with E-state index in [4.69, 9.17) is 18.9 Å². The van der Waals surface area contributed by atoms with Gasteiger partial charge in [0, 0.05) is 6.07 Å². The summed E-state index contributed by atoms with van der Waals surface area (Å²) in [6.07, 6.45) is 6.72. The Balaban J connectivity index is 1.51. The van der Waals surface area contributed by atoms with Gasteiger partial charge < -0.3 is 18.9 Å². The van der Waals surface area contributed by atoms with Gasteiger partial charge in [-0.25, -0.2) is 0 Å². The Morgan fingerprint density at radius 3 is 2.95 bits per heavy atom. The van der Waals surface area contributed by atoms with Crippen LogP contribution in [0.4, 0.5) is 0 Å². The third-order valence-electron chi connectivity index (χ3n) is 3.80. The second kappa shape index (κ2) is 6.29. The molecule has 114 valence electrons. The van der Waals surface area contributed by atoms with Gasteiger partial charge in [0.05, 0.1) is 6.10 Å². The van der Waals surface area contributed by atoms with Crippen molar-refractivity contribution >= 4 is 0 Å². The van der Waals surface area contributed by atoms with Crippen LogP contribution in [0, 0.1) is 0 Å². The fourth-order valence-electron chi connectivity index (χ4n) is 2.54. The summed E-state index contributed by atoms with van der Waals surface area (Å²) in [7, 11) is 0. The molecule has 2 heterocycles. The van der Waals surface area contributed by atoms with Crippen LogP contribution in [-0.2, 0) is 4.74 Å². The summed E-state index contributed by atoms with van der Waals surface area (Å²) >= 11 is 0. The lowest BCUT2D eigenvalue weighted by molar-refractivity contribution is 0.171. The van der Waals surface area contributed by atoms with E-state index < -0.39 is 0 Å². The molecule has 2 aliphatic rings. The molecule has 4 nitrogen and oxygen atoms in total. The van der Waals surface area contributed by atoms with Crippen molar-refractivity contribution in [2.45, 2.75) is 51.7 Å². The van der Waals surface area contributed by atoms with Crippen LogP contribution < -0.4 is 14.2 Å². The normalized spacial score (nSPS) is 22.0. The fraction of sp³-hybridized carbons (Fsp3) is 0.529. The minimum atomic E-state index is 0.206. The molecule has 3 rings (SSSR count). The first kappa shape index (κ1) is 14.1. The molecule has 1 aromatic rings. The van der Waals surface area contributed by atoms with E-state index >= 15 is 0 Å². The Bertz CT molecular complexity index is 524. The first-order valence-electron chi connectivity index (χ1n) is 7.73. The van der Waals surface area contributed by atoms with Gasteiger partial charge in [0.25, 0.3) is 0 Å². The van der Waals surface area contributed by atoms with Crippen molar-refractivity contribution in [1.29, 1.82) is 0 Å². The summed E-state index contributed by atoms with van der Waals surface area (Å²) in [4.78, 5) is 0. The van der Waals surface area contributed by atoms with Crippen molar-refractivity contribution in [3.8, 4) is 17.2 Å². The van der Waals surface area contributed by atoms with Crippen molar-refractivity contribution in [3.63, 3.8) is 0 Å². The maximum Gasteiger partial charge on any atom is 0.231 e. The smallest absolute Gasteiger partial charge is 0.231 e. The average molecular weight is 290 g/mol. The first-order valence-corrected chi connectivity index (χ1v) is 7.73. The van der Waals surface area contributed by atoms with Gasteiger partial charge in [-0.05, 0) is 43.9 Å². The highest BCUT2D eigenvalue weighted by Gasteiger charge is 2.32. The second-order valence-electron chi connectivity index (χ2n) is 5.36. The molecule has 0 bridgehead atoms. The summed E-state index contributed by atoms with van der Waals surface area (Å²) < 4.78 is 22.3. The van der Waals surface area contributed by atoms with Crippen LogP contribution in [0.5, 0.6) is 17.2 Å². The maximum absolute atomic E-state index is 6.05. The van der Waals surface area contributed by atoms with E-state index in [1.54, 1.807) is 0 Å². The summed E-state index contributed by atoms with van der Waals surface area (Å²) in [6, 6.07) is 5.74. The lowest BCUT2D eigenvalue weighted by atomic mass is 10.1. The van der Waals surface area contributed by atoms with E-state index in [2.05, 4.69) is 19.9 Å². The second-order valence-corrected chi connectivity index (χ2v) is 5.36. The molecule has 2 aliphatic heterocycles. The van der Waals surface area contributed by atoms with Gasteiger partial charge in [-0.15, -0.1) is 0 Å². The van der Waals surface area contributed by atoms with Gasteiger partial charge in [0.1, 0.15) is 11.5 Å². The zero-order chi connectivity index (χ0) is 14.7.